The van der Waals surface area contributed by atoms with Crippen molar-refractivity contribution in [1.82, 2.24) is 14.6 Å². The SMILES string of the molecule is NC1CC(CNc2ccn3nccc3n2)C1. The summed E-state index contributed by atoms with van der Waals surface area (Å²) in [6.45, 7) is 0.963. The van der Waals surface area contributed by atoms with E-state index in [1.165, 1.54) is 0 Å². The summed E-state index contributed by atoms with van der Waals surface area (Å²) in [7, 11) is 0. The Morgan fingerprint density at radius 2 is 2.31 bits per heavy atom. The fourth-order valence-electron chi connectivity index (χ4n) is 2.11. The molecule has 0 unspecified atom stereocenters. The van der Waals surface area contributed by atoms with Gasteiger partial charge in [-0.1, -0.05) is 0 Å². The molecule has 5 nitrogen and oxygen atoms in total. The third-order valence-corrected chi connectivity index (χ3v) is 3.10. The van der Waals surface area contributed by atoms with Crippen LogP contribution in [0.2, 0.25) is 0 Å². The van der Waals surface area contributed by atoms with Gasteiger partial charge in [0.05, 0.1) is 6.20 Å². The first kappa shape index (κ1) is 9.59. The molecule has 2 aromatic heterocycles. The number of nitrogens with zero attached hydrogens (tertiary/aromatic N) is 3. The monoisotopic (exact) mass is 217 g/mol. The van der Waals surface area contributed by atoms with Gasteiger partial charge in [-0.3, -0.25) is 0 Å². The zero-order valence-corrected chi connectivity index (χ0v) is 9.00. The van der Waals surface area contributed by atoms with Crippen LogP contribution in [0.15, 0.2) is 24.5 Å². The minimum Gasteiger partial charge on any atom is -0.370 e. The molecule has 1 saturated carbocycles. The van der Waals surface area contributed by atoms with E-state index in [1.807, 2.05) is 18.3 Å². The fourth-order valence-corrected chi connectivity index (χ4v) is 2.11. The molecule has 1 fully saturated rings. The molecule has 3 N–H and O–H groups in total. The third-order valence-electron chi connectivity index (χ3n) is 3.10. The lowest BCUT2D eigenvalue weighted by molar-refractivity contribution is 0.280. The van der Waals surface area contributed by atoms with Gasteiger partial charge in [0, 0.05) is 24.8 Å². The highest BCUT2D eigenvalue weighted by atomic mass is 15.2. The van der Waals surface area contributed by atoms with Gasteiger partial charge < -0.3 is 11.1 Å². The quantitative estimate of drug-likeness (QED) is 0.800. The van der Waals surface area contributed by atoms with Crippen LogP contribution in [0.25, 0.3) is 5.65 Å². The van der Waals surface area contributed by atoms with E-state index in [0.29, 0.717) is 12.0 Å². The van der Waals surface area contributed by atoms with Crippen LogP contribution in [-0.4, -0.2) is 27.2 Å². The second kappa shape index (κ2) is 3.75. The molecule has 0 aliphatic heterocycles. The van der Waals surface area contributed by atoms with Crippen molar-refractivity contribution in [2.75, 3.05) is 11.9 Å². The molecule has 84 valence electrons. The van der Waals surface area contributed by atoms with E-state index in [9.17, 15) is 0 Å². The van der Waals surface area contributed by atoms with Crippen molar-refractivity contribution in [3.05, 3.63) is 24.5 Å². The van der Waals surface area contributed by atoms with Crippen LogP contribution in [0.5, 0.6) is 0 Å². The molecule has 0 spiro atoms. The molecule has 2 aromatic rings. The Hall–Kier alpha value is -1.62. The molecule has 1 aliphatic carbocycles. The van der Waals surface area contributed by atoms with Crippen molar-refractivity contribution < 1.29 is 0 Å². The first-order valence-corrected chi connectivity index (χ1v) is 5.61. The first-order valence-electron chi connectivity index (χ1n) is 5.61. The van der Waals surface area contributed by atoms with E-state index in [-0.39, 0.29) is 0 Å². The molecule has 0 atom stereocenters. The largest absolute Gasteiger partial charge is 0.370 e. The fraction of sp³-hybridized carbons (Fsp3) is 0.455. The standard InChI is InChI=1S/C11H15N5/c12-9-5-8(6-9)7-13-10-2-4-16-11(15-10)1-3-14-16/h1-4,8-9H,5-7,12H2,(H,13,15). The molecular formula is C11H15N5. The maximum Gasteiger partial charge on any atom is 0.157 e. The molecule has 0 aromatic carbocycles. The lowest BCUT2D eigenvalue weighted by atomic mass is 9.81. The van der Waals surface area contributed by atoms with E-state index >= 15 is 0 Å². The number of aromatic nitrogens is 3. The predicted molar refractivity (Wildman–Crippen MR) is 62.2 cm³/mol. The average Bonchev–Trinajstić information content (AvgIpc) is 2.69. The zero-order chi connectivity index (χ0) is 11.0. The number of nitrogens with one attached hydrogen (secondary N) is 1. The summed E-state index contributed by atoms with van der Waals surface area (Å²) in [5.74, 6) is 1.62. The number of nitrogens with two attached hydrogens (primary N) is 1. The van der Waals surface area contributed by atoms with Gasteiger partial charge in [-0.25, -0.2) is 9.50 Å². The molecule has 1 aliphatic rings. The van der Waals surface area contributed by atoms with Crippen LogP contribution in [0.3, 0.4) is 0 Å². The zero-order valence-electron chi connectivity index (χ0n) is 9.00. The number of rotatable bonds is 3. The van der Waals surface area contributed by atoms with Crippen molar-refractivity contribution in [1.29, 1.82) is 0 Å². The Bertz CT molecular complexity index is 486. The minimum absolute atomic E-state index is 0.414. The van der Waals surface area contributed by atoms with Crippen molar-refractivity contribution in [3.63, 3.8) is 0 Å². The lowest BCUT2D eigenvalue weighted by Crippen LogP contribution is -2.39. The van der Waals surface area contributed by atoms with Crippen molar-refractivity contribution in [2.24, 2.45) is 11.7 Å². The molecule has 16 heavy (non-hydrogen) atoms. The number of hydrogen-bond acceptors (Lipinski definition) is 4. The van der Waals surface area contributed by atoms with Gasteiger partial charge in [0.2, 0.25) is 0 Å². The van der Waals surface area contributed by atoms with Gasteiger partial charge >= 0.3 is 0 Å². The van der Waals surface area contributed by atoms with Gasteiger partial charge in [-0.05, 0) is 24.8 Å². The first-order chi connectivity index (χ1) is 7.81. The summed E-state index contributed by atoms with van der Waals surface area (Å²) in [5, 5.41) is 7.44. The van der Waals surface area contributed by atoms with E-state index in [1.54, 1.807) is 10.7 Å². The Balaban J connectivity index is 1.65. The van der Waals surface area contributed by atoms with Crippen LogP contribution < -0.4 is 11.1 Å². The molecule has 2 heterocycles. The predicted octanol–water partition coefficient (Wildman–Crippen LogP) is 0.878. The Morgan fingerprint density at radius 1 is 1.44 bits per heavy atom. The second-order valence-electron chi connectivity index (χ2n) is 4.43. The maximum absolute atomic E-state index is 5.74. The molecule has 0 radical (unpaired) electrons. The lowest BCUT2D eigenvalue weighted by Gasteiger charge is -2.32. The van der Waals surface area contributed by atoms with E-state index < -0.39 is 0 Å². The molecule has 3 rings (SSSR count). The molecular weight excluding hydrogens is 202 g/mol. The highest BCUT2D eigenvalue weighted by Gasteiger charge is 2.25. The summed E-state index contributed by atoms with van der Waals surface area (Å²) in [5.41, 5.74) is 6.61. The Morgan fingerprint density at radius 3 is 3.12 bits per heavy atom. The third kappa shape index (κ3) is 1.74. The normalized spacial score (nSPS) is 24.3. The maximum atomic E-state index is 5.74. The molecule has 0 saturated heterocycles. The highest BCUT2D eigenvalue weighted by Crippen LogP contribution is 2.25. The summed E-state index contributed by atoms with van der Waals surface area (Å²) in [4.78, 5) is 4.44. The van der Waals surface area contributed by atoms with Gasteiger partial charge in [0.15, 0.2) is 5.65 Å². The topological polar surface area (TPSA) is 68.2 Å². The summed E-state index contributed by atoms with van der Waals surface area (Å²) >= 11 is 0. The average molecular weight is 217 g/mol. The van der Waals surface area contributed by atoms with Crippen LogP contribution in [0.1, 0.15) is 12.8 Å². The van der Waals surface area contributed by atoms with E-state index in [4.69, 9.17) is 5.73 Å². The van der Waals surface area contributed by atoms with Crippen LogP contribution in [0.4, 0.5) is 5.82 Å². The Labute approximate surface area is 93.7 Å². The van der Waals surface area contributed by atoms with E-state index in [2.05, 4.69) is 15.4 Å². The number of fused-ring (bicyclic) bond motifs is 1. The smallest absolute Gasteiger partial charge is 0.157 e. The van der Waals surface area contributed by atoms with Crippen molar-refractivity contribution in [3.8, 4) is 0 Å². The van der Waals surface area contributed by atoms with Crippen molar-refractivity contribution in [2.45, 2.75) is 18.9 Å². The van der Waals surface area contributed by atoms with E-state index in [0.717, 1.165) is 30.9 Å². The summed E-state index contributed by atoms with van der Waals surface area (Å²) < 4.78 is 1.75. The molecule has 0 amide bonds. The minimum atomic E-state index is 0.414. The van der Waals surface area contributed by atoms with Gasteiger partial charge in [0.1, 0.15) is 5.82 Å². The van der Waals surface area contributed by atoms with Gasteiger partial charge in [-0.2, -0.15) is 5.10 Å². The Kier molecular flexibility index (Phi) is 2.25. The number of hydrogen-bond donors (Lipinski definition) is 2. The summed E-state index contributed by atoms with van der Waals surface area (Å²) in [6.07, 6.45) is 5.91. The second-order valence-corrected chi connectivity index (χ2v) is 4.43. The number of anilines is 1. The van der Waals surface area contributed by atoms with Crippen LogP contribution in [-0.2, 0) is 0 Å². The summed E-state index contributed by atoms with van der Waals surface area (Å²) in [6, 6.07) is 4.25. The highest BCUT2D eigenvalue weighted by molar-refractivity contribution is 5.45. The van der Waals surface area contributed by atoms with Crippen LogP contribution in [0, 0.1) is 5.92 Å². The molecule has 0 bridgehead atoms. The van der Waals surface area contributed by atoms with Gasteiger partial charge in [0.25, 0.3) is 0 Å². The van der Waals surface area contributed by atoms with Crippen molar-refractivity contribution >= 4 is 11.5 Å². The molecule has 5 heteroatoms. The van der Waals surface area contributed by atoms with Gasteiger partial charge in [-0.15, -0.1) is 0 Å². The van der Waals surface area contributed by atoms with Crippen LogP contribution >= 0.6 is 0 Å².